The molecule has 0 spiro atoms. The number of carbonyl (C=O) groups excluding carboxylic acids is 2. The van der Waals surface area contributed by atoms with E-state index in [0.29, 0.717) is 24.6 Å². The van der Waals surface area contributed by atoms with Crippen molar-refractivity contribution in [1.82, 2.24) is 10.2 Å². The molecule has 0 radical (unpaired) electrons. The number of carbonyl (C=O) groups is 2. The van der Waals surface area contributed by atoms with Crippen molar-refractivity contribution < 1.29 is 14.3 Å². The Morgan fingerprint density at radius 1 is 1.07 bits per heavy atom. The third-order valence-electron chi connectivity index (χ3n) is 5.30. The lowest BCUT2D eigenvalue weighted by atomic mass is 9.97. The number of nitrogens with zero attached hydrogens (tertiary/aromatic N) is 1. The highest BCUT2D eigenvalue weighted by atomic mass is 16.5. The maximum Gasteiger partial charge on any atom is 0.253 e. The van der Waals surface area contributed by atoms with Gasteiger partial charge in [-0.2, -0.15) is 0 Å². The predicted molar refractivity (Wildman–Crippen MR) is 119 cm³/mol. The summed E-state index contributed by atoms with van der Waals surface area (Å²) in [5.74, 6) is 1.07. The number of benzene rings is 2. The van der Waals surface area contributed by atoms with Crippen LogP contribution in [0, 0.1) is 19.8 Å². The van der Waals surface area contributed by atoms with Crippen LogP contribution in [-0.2, 0) is 0 Å². The molecule has 1 unspecified atom stereocenters. The number of piperidine rings is 1. The predicted octanol–water partition coefficient (Wildman–Crippen LogP) is 4.37. The molecule has 1 N–H and O–H groups in total. The fourth-order valence-electron chi connectivity index (χ4n) is 3.93. The molecular weight excluding hydrogens is 376 g/mol. The van der Waals surface area contributed by atoms with Crippen molar-refractivity contribution in [2.45, 2.75) is 46.6 Å². The fraction of sp³-hybridized carbons (Fsp3) is 0.440. The Hall–Kier alpha value is -2.82. The maximum atomic E-state index is 12.9. The lowest BCUT2D eigenvalue weighted by molar-refractivity contribution is 0.0633. The van der Waals surface area contributed by atoms with Gasteiger partial charge in [0.2, 0.25) is 0 Å². The van der Waals surface area contributed by atoms with Crippen LogP contribution in [0.2, 0.25) is 0 Å². The van der Waals surface area contributed by atoms with Gasteiger partial charge in [0, 0.05) is 36.2 Å². The summed E-state index contributed by atoms with van der Waals surface area (Å²) in [5.41, 5.74) is 3.62. The Bertz CT molecular complexity index is 870. The first kappa shape index (κ1) is 21.9. The average molecular weight is 409 g/mol. The number of aryl methyl sites for hydroxylation is 2. The number of ether oxygens (including phenoxy) is 1. The van der Waals surface area contributed by atoms with E-state index < -0.39 is 0 Å². The number of hydrogen-bond donors (Lipinski definition) is 1. The normalized spacial score (nSPS) is 16.4. The molecule has 2 amide bonds. The number of likely N-dealkylation sites (tertiary alicyclic amines) is 1. The fourth-order valence-corrected chi connectivity index (χ4v) is 3.93. The van der Waals surface area contributed by atoms with Gasteiger partial charge in [-0.3, -0.25) is 9.59 Å². The van der Waals surface area contributed by atoms with E-state index in [1.807, 2.05) is 56.9 Å². The third-order valence-corrected chi connectivity index (χ3v) is 5.30. The van der Waals surface area contributed by atoms with Crippen molar-refractivity contribution in [2.24, 2.45) is 5.92 Å². The van der Waals surface area contributed by atoms with Crippen molar-refractivity contribution in [3.05, 3.63) is 64.7 Å². The molecule has 1 atom stereocenters. The zero-order valence-corrected chi connectivity index (χ0v) is 18.4. The topological polar surface area (TPSA) is 58.6 Å². The number of amides is 2. The van der Waals surface area contributed by atoms with E-state index in [0.717, 1.165) is 41.8 Å². The van der Waals surface area contributed by atoms with Crippen LogP contribution < -0.4 is 10.1 Å². The van der Waals surface area contributed by atoms with Gasteiger partial charge in [-0.05, 0) is 76.9 Å². The van der Waals surface area contributed by atoms with Gasteiger partial charge in [-0.15, -0.1) is 0 Å². The Morgan fingerprint density at radius 3 is 2.37 bits per heavy atom. The third kappa shape index (κ3) is 5.85. The molecule has 2 aromatic carbocycles. The molecule has 0 aliphatic carbocycles. The monoisotopic (exact) mass is 408 g/mol. The maximum absolute atomic E-state index is 12.9. The van der Waals surface area contributed by atoms with E-state index in [1.165, 1.54) is 0 Å². The molecular formula is C25H32N2O3. The summed E-state index contributed by atoms with van der Waals surface area (Å²) in [7, 11) is 0. The van der Waals surface area contributed by atoms with Gasteiger partial charge in [0.1, 0.15) is 5.75 Å². The highest BCUT2D eigenvalue weighted by Crippen LogP contribution is 2.21. The van der Waals surface area contributed by atoms with Crippen LogP contribution in [0.25, 0.3) is 0 Å². The average Bonchev–Trinajstić information content (AvgIpc) is 2.71. The van der Waals surface area contributed by atoms with Crippen LogP contribution >= 0.6 is 0 Å². The Kier molecular flexibility index (Phi) is 7.14. The first-order valence-corrected chi connectivity index (χ1v) is 10.7. The molecule has 0 aromatic heterocycles. The van der Waals surface area contributed by atoms with Crippen LogP contribution in [0.3, 0.4) is 0 Å². The van der Waals surface area contributed by atoms with Crippen LogP contribution in [-0.4, -0.2) is 42.5 Å². The smallest absolute Gasteiger partial charge is 0.253 e. The van der Waals surface area contributed by atoms with Gasteiger partial charge in [0.15, 0.2) is 0 Å². The van der Waals surface area contributed by atoms with Crippen LogP contribution in [0.15, 0.2) is 42.5 Å². The molecule has 5 heteroatoms. The molecule has 1 saturated heterocycles. The summed E-state index contributed by atoms with van der Waals surface area (Å²) in [4.78, 5) is 26.9. The largest absolute Gasteiger partial charge is 0.493 e. The molecule has 3 rings (SSSR count). The van der Waals surface area contributed by atoms with Crippen molar-refractivity contribution >= 4 is 11.8 Å². The van der Waals surface area contributed by atoms with Crippen molar-refractivity contribution in [3.8, 4) is 5.75 Å². The molecule has 30 heavy (non-hydrogen) atoms. The van der Waals surface area contributed by atoms with E-state index in [-0.39, 0.29) is 17.9 Å². The molecule has 1 aliphatic rings. The lowest BCUT2D eigenvalue weighted by Crippen LogP contribution is -2.41. The van der Waals surface area contributed by atoms with Gasteiger partial charge >= 0.3 is 0 Å². The molecule has 0 saturated carbocycles. The Labute approximate surface area is 179 Å². The quantitative estimate of drug-likeness (QED) is 0.772. The van der Waals surface area contributed by atoms with Crippen LogP contribution in [0.5, 0.6) is 5.75 Å². The van der Waals surface area contributed by atoms with Crippen LogP contribution in [0.4, 0.5) is 0 Å². The summed E-state index contributed by atoms with van der Waals surface area (Å²) in [6.07, 6.45) is 2.03. The summed E-state index contributed by atoms with van der Waals surface area (Å²) in [6, 6.07) is 13.3. The first-order valence-electron chi connectivity index (χ1n) is 10.7. The van der Waals surface area contributed by atoms with Crippen molar-refractivity contribution in [2.75, 3.05) is 19.7 Å². The highest BCUT2D eigenvalue weighted by Gasteiger charge is 2.25. The summed E-state index contributed by atoms with van der Waals surface area (Å²) in [6.45, 7) is 9.99. The van der Waals surface area contributed by atoms with E-state index in [1.54, 1.807) is 12.1 Å². The molecule has 160 valence electrons. The van der Waals surface area contributed by atoms with Gasteiger partial charge < -0.3 is 15.0 Å². The minimum Gasteiger partial charge on any atom is -0.493 e. The number of nitrogens with one attached hydrogen (secondary N) is 1. The molecule has 1 aliphatic heterocycles. The lowest BCUT2D eigenvalue weighted by Gasteiger charge is -2.33. The zero-order valence-electron chi connectivity index (χ0n) is 18.4. The van der Waals surface area contributed by atoms with E-state index in [9.17, 15) is 9.59 Å². The zero-order chi connectivity index (χ0) is 21.7. The van der Waals surface area contributed by atoms with Gasteiger partial charge in [-0.1, -0.05) is 17.2 Å². The standard InChI is InChI=1S/C25H32N2O3/c1-17(2)26-24(28)21-7-9-23(10-8-21)30-16-20-6-5-11-27(15-20)25(29)22-13-18(3)12-19(4)14-22/h7-10,12-14,17,20H,5-6,11,15-16H2,1-4H3,(H,26,28). The summed E-state index contributed by atoms with van der Waals surface area (Å²) < 4.78 is 5.96. The molecule has 0 bridgehead atoms. The second-order valence-corrected chi connectivity index (χ2v) is 8.60. The van der Waals surface area contributed by atoms with E-state index in [4.69, 9.17) is 4.74 Å². The van der Waals surface area contributed by atoms with E-state index >= 15 is 0 Å². The van der Waals surface area contributed by atoms with Gasteiger partial charge in [-0.25, -0.2) is 0 Å². The SMILES string of the molecule is Cc1cc(C)cc(C(=O)N2CCCC(COc3ccc(C(=O)NC(C)C)cc3)C2)c1. The molecule has 5 nitrogen and oxygen atoms in total. The van der Waals surface area contributed by atoms with Gasteiger partial charge in [0.05, 0.1) is 6.61 Å². The van der Waals surface area contributed by atoms with Crippen molar-refractivity contribution in [3.63, 3.8) is 0 Å². The molecule has 1 heterocycles. The molecule has 1 fully saturated rings. The van der Waals surface area contributed by atoms with Crippen LogP contribution in [0.1, 0.15) is 58.5 Å². The molecule has 2 aromatic rings. The Balaban J connectivity index is 1.55. The first-order chi connectivity index (χ1) is 14.3. The van der Waals surface area contributed by atoms with E-state index in [2.05, 4.69) is 11.4 Å². The highest BCUT2D eigenvalue weighted by molar-refractivity contribution is 5.95. The summed E-state index contributed by atoms with van der Waals surface area (Å²) in [5, 5.41) is 2.88. The van der Waals surface area contributed by atoms with Crippen molar-refractivity contribution in [1.29, 1.82) is 0 Å². The minimum absolute atomic E-state index is 0.0793. The number of rotatable bonds is 6. The second-order valence-electron chi connectivity index (χ2n) is 8.60. The number of hydrogen-bond acceptors (Lipinski definition) is 3. The van der Waals surface area contributed by atoms with Gasteiger partial charge in [0.25, 0.3) is 11.8 Å². The second kappa shape index (κ2) is 9.79. The minimum atomic E-state index is -0.0793. The summed E-state index contributed by atoms with van der Waals surface area (Å²) >= 11 is 0. The Morgan fingerprint density at radius 2 is 1.73 bits per heavy atom.